The molecule has 0 bridgehead atoms. The van der Waals surface area contributed by atoms with E-state index in [4.69, 9.17) is 5.73 Å². The van der Waals surface area contributed by atoms with Gasteiger partial charge >= 0.3 is 0 Å². The summed E-state index contributed by atoms with van der Waals surface area (Å²) < 4.78 is 0. The van der Waals surface area contributed by atoms with E-state index in [1.165, 1.54) is 4.90 Å². The number of rotatable bonds is 2. The van der Waals surface area contributed by atoms with Gasteiger partial charge in [-0.3, -0.25) is 9.59 Å². The summed E-state index contributed by atoms with van der Waals surface area (Å²) in [6, 6.07) is 7.73. The van der Waals surface area contributed by atoms with Crippen LogP contribution in [-0.2, 0) is 15.1 Å². The molecule has 0 atom stereocenters. The van der Waals surface area contributed by atoms with E-state index < -0.39 is 0 Å². The first-order valence-corrected chi connectivity index (χ1v) is 6.93. The quantitative estimate of drug-likeness (QED) is 0.868. The second-order valence-electron chi connectivity index (χ2n) is 5.79. The molecule has 5 nitrogen and oxygen atoms in total. The Morgan fingerprint density at radius 2 is 1.90 bits per heavy atom. The van der Waals surface area contributed by atoms with Crippen LogP contribution in [0.25, 0.3) is 0 Å². The van der Waals surface area contributed by atoms with Crippen LogP contribution in [0, 0.1) is 0 Å². The van der Waals surface area contributed by atoms with Crippen LogP contribution >= 0.6 is 0 Å². The lowest BCUT2D eigenvalue weighted by Crippen LogP contribution is -2.52. The van der Waals surface area contributed by atoms with Crippen LogP contribution < -0.4 is 10.6 Å². The second kappa shape index (κ2) is 4.59. The van der Waals surface area contributed by atoms with Crippen molar-refractivity contribution in [2.75, 3.05) is 25.0 Å². The second-order valence-corrected chi connectivity index (χ2v) is 5.79. The van der Waals surface area contributed by atoms with Gasteiger partial charge in [-0.2, -0.15) is 0 Å². The van der Waals surface area contributed by atoms with E-state index in [0.717, 1.165) is 30.5 Å². The minimum Gasteiger partial charge on any atom is -0.335 e. The smallest absolute Gasteiger partial charge is 0.247 e. The number of hydrogen-bond acceptors (Lipinski definition) is 3. The van der Waals surface area contributed by atoms with Crippen LogP contribution in [-0.4, -0.2) is 36.9 Å². The van der Waals surface area contributed by atoms with Crippen molar-refractivity contribution in [2.45, 2.75) is 24.8 Å². The molecular formula is C15H19N3O2. The molecule has 2 aliphatic rings. The van der Waals surface area contributed by atoms with Gasteiger partial charge < -0.3 is 15.5 Å². The van der Waals surface area contributed by atoms with E-state index >= 15 is 0 Å². The first-order valence-electron chi connectivity index (χ1n) is 6.93. The lowest BCUT2D eigenvalue weighted by molar-refractivity contribution is -0.136. The molecule has 2 N–H and O–H groups in total. The Balaban J connectivity index is 1.88. The molecule has 1 saturated heterocycles. The van der Waals surface area contributed by atoms with Crippen LogP contribution in [0.3, 0.4) is 0 Å². The molecule has 106 valence electrons. The van der Waals surface area contributed by atoms with Gasteiger partial charge in [-0.1, -0.05) is 12.1 Å². The SMILES string of the molecule is CN1CC(=O)N(c2cccc(C3(N)CCC3)c2)CC1=O. The van der Waals surface area contributed by atoms with E-state index in [0.29, 0.717) is 0 Å². The van der Waals surface area contributed by atoms with Gasteiger partial charge in [0.15, 0.2) is 0 Å². The lowest BCUT2D eigenvalue weighted by atomic mass is 9.73. The standard InChI is InChI=1S/C15H19N3O2/c1-17-9-14(20)18(10-13(17)19)12-5-2-4-11(8-12)15(16)6-3-7-15/h2,4-5,8H,3,6-7,9-10,16H2,1H3. The third kappa shape index (κ3) is 2.08. The Labute approximate surface area is 118 Å². The summed E-state index contributed by atoms with van der Waals surface area (Å²) in [5.41, 5.74) is 7.90. The van der Waals surface area contributed by atoms with Crippen LogP contribution in [0.4, 0.5) is 5.69 Å². The fourth-order valence-electron chi connectivity index (χ4n) is 2.79. The Kier molecular flexibility index (Phi) is 3.01. The Morgan fingerprint density at radius 1 is 1.15 bits per heavy atom. The Morgan fingerprint density at radius 3 is 2.55 bits per heavy atom. The molecule has 20 heavy (non-hydrogen) atoms. The number of hydrogen-bond donors (Lipinski definition) is 1. The molecular weight excluding hydrogens is 254 g/mol. The molecule has 1 heterocycles. The van der Waals surface area contributed by atoms with Crippen LogP contribution in [0.5, 0.6) is 0 Å². The number of piperazine rings is 1. The lowest BCUT2D eigenvalue weighted by Gasteiger charge is -2.39. The third-order valence-corrected chi connectivity index (χ3v) is 4.37. The zero-order chi connectivity index (χ0) is 14.3. The van der Waals surface area contributed by atoms with Gasteiger partial charge in [0.25, 0.3) is 0 Å². The van der Waals surface area contributed by atoms with Crippen molar-refractivity contribution in [3.05, 3.63) is 29.8 Å². The van der Waals surface area contributed by atoms with Crippen LogP contribution in [0.2, 0.25) is 0 Å². The van der Waals surface area contributed by atoms with Gasteiger partial charge in [-0.05, 0) is 37.0 Å². The molecule has 3 rings (SSSR count). The maximum atomic E-state index is 12.1. The predicted octanol–water partition coefficient (Wildman–Crippen LogP) is 0.829. The highest BCUT2D eigenvalue weighted by atomic mass is 16.2. The fraction of sp³-hybridized carbons (Fsp3) is 0.467. The van der Waals surface area contributed by atoms with Gasteiger partial charge in [0.1, 0.15) is 6.54 Å². The van der Waals surface area contributed by atoms with Crippen molar-refractivity contribution in [3.63, 3.8) is 0 Å². The van der Waals surface area contributed by atoms with Gasteiger partial charge in [0.05, 0.1) is 6.54 Å². The van der Waals surface area contributed by atoms with Gasteiger partial charge in [-0.15, -0.1) is 0 Å². The van der Waals surface area contributed by atoms with Gasteiger partial charge in [0, 0.05) is 18.3 Å². The summed E-state index contributed by atoms with van der Waals surface area (Å²) in [4.78, 5) is 26.9. The van der Waals surface area contributed by atoms with E-state index in [2.05, 4.69) is 0 Å². The van der Waals surface area contributed by atoms with E-state index in [1.54, 1.807) is 11.9 Å². The van der Waals surface area contributed by atoms with E-state index in [9.17, 15) is 9.59 Å². The highest BCUT2D eigenvalue weighted by Gasteiger charge is 2.35. The molecule has 1 aromatic rings. The molecule has 5 heteroatoms. The van der Waals surface area contributed by atoms with Crippen molar-refractivity contribution in [2.24, 2.45) is 5.73 Å². The highest BCUT2D eigenvalue weighted by molar-refractivity contribution is 6.04. The van der Waals surface area contributed by atoms with Crippen molar-refractivity contribution >= 4 is 17.5 Å². The molecule has 1 aromatic carbocycles. The van der Waals surface area contributed by atoms with E-state index in [-0.39, 0.29) is 30.4 Å². The van der Waals surface area contributed by atoms with Crippen molar-refractivity contribution in [1.29, 1.82) is 0 Å². The summed E-state index contributed by atoms with van der Waals surface area (Å²) in [7, 11) is 1.65. The summed E-state index contributed by atoms with van der Waals surface area (Å²) >= 11 is 0. The molecule has 0 unspecified atom stereocenters. The number of benzene rings is 1. The molecule has 0 radical (unpaired) electrons. The number of amides is 2. The maximum Gasteiger partial charge on any atom is 0.247 e. The predicted molar refractivity (Wildman–Crippen MR) is 76.1 cm³/mol. The monoisotopic (exact) mass is 273 g/mol. The molecule has 1 aliphatic heterocycles. The molecule has 1 saturated carbocycles. The molecule has 1 aliphatic carbocycles. The normalized spacial score (nSPS) is 21.9. The molecule has 0 aromatic heterocycles. The minimum atomic E-state index is -0.254. The number of nitrogens with two attached hydrogens (primary N) is 1. The van der Waals surface area contributed by atoms with Crippen LogP contribution in [0.15, 0.2) is 24.3 Å². The van der Waals surface area contributed by atoms with E-state index in [1.807, 2.05) is 24.3 Å². The summed E-state index contributed by atoms with van der Waals surface area (Å²) in [5.74, 6) is -0.0926. The van der Waals surface area contributed by atoms with Gasteiger partial charge in [0.2, 0.25) is 11.8 Å². The summed E-state index contributed by atoms with van der Waals surface area (Å²) in [6.45, 7) is 0.243. The summed E-state index contributed by atoms with van der Waals surface area (Å²) in [6.07, 6.45) is 3.10. The summed E-state index contributed by atoms with van der Waals surface area (Å²) in [5, 5.41) is 0. The number of carbonyl (C=O) groups is 2. The Hall–Kier alpha value is -1.88. The largest absolute Gasteiger partial charge is 0.335 e. The number of carbonyl (C=O) groups excluding carboxylic acids is 2. The molecule has 2 fully saturated rings. The zero-order valence-corrected chi connectivity index (χ0v) is 11.6. The maximum absolute atomic E-state index is 12.1. The molecule has 2 amide bonds. The minimum absolute atomic E-state index is 0.0406. The van der Waals surface area contributed by atoms with Gasteiger partial charge in [-0.25, -0.2) is 0 Å². The van der Waals surface area contributed by atoms with Crippen LogP contribution in [0.1, 0.15) is 24.8 Å². The van der Waals surface area contributed by atoms with Crippen molar-refractivity contribution in [1.82, 2.24) is 4.90 Å². The topological polar surface area (TPSA) is 66.6 Å². The number of nitrogens with zero attached hydrogens (tertiary/aromatic N) is 2. The van der Waals surface area contributed by atoms with Crippen molar-refractivity contribution < 1.29 is 9.59 Å². The van der Waals surface area contributed by atoms with Crippen molar-refractivity contribution in [3.8, 4) is 0 Å². The average Bonchev–Trinajstić information content (AvgIpc) is 2.40. The molecule has 0 spiro atoms. The number of likely N-dealkylation sites (N-methyl/N-ethyl adjacent to an activating group) is 1. The fourth-order valence-corrected chi connectivity index (χ4v) is 2.79. The number of anilines is 1. The first-order chi connectivity index (χ1) is 9.49. The average molecular weight is 273 g/mol. The highest BCUT2D eigenvalue weighted by Crippen LogP contribution is 2.39. The third-order valence-electron chi connectivity index (χ3n) is 4.37. The zero-order valence-electron chi connectivity index (χ0n) is 11.6. The Bertz CT molecular complexity index is 566. The first kappa shape index (κ1) is 13.1.